The highest BCUT2D eigenvalue weighted by Gasteiger charge is 2.13. The van der Waals surface area contributed by atoms with Crippen LogP contribution in [0.5, 0.6) is 5.75 Å². The maximum absolute atomic E-state index is 12.1. The van der Waals surface area contributed by atoms with Gasteiger partial charge < -0.3 is 4.74 Å². The molecule has 0 aliphatic heterocycles. The summed E-state index contributed by atoms with van der Waals surface area (Å²) in [4.78, 5) is 13.6. The van der Waals surface area contributed by atoms with Crippen LogP contribution in [0.3, 0.4) is 0 Å². The zero-order chi connectivity index (χ0) is 16.1. The molecule has 116 valence electrons. The topological polar surface area (TPSA) is 57.0 Å². The van der Waals surface area contributed by atoms with Crippen molar-refractivity contribution in [3.05, 3.63) is 72.1 Å². The molecule has 6 heteroatoms. The molecule has 1 heterocycles. The normalized spacial score (nSPS) is 10.5. The summed E-state index contributed by atoms with van der Waals surface area (Å²) in [5.74, 6) is 0.487. The van der Waals surface area contributed by atoms with Gasteiger partial charge in [-0.15, -0.1) is 0 Å². The molecular weight excluding hydrogens is 358 g/mol. The molecule has 0 unspecified atom stereocenters. The third kappa shape index (κ3) is 3.65. The van der Waals surface area contributed by atoms with Crippen molar-refractivity contribution >= 4 is 21.7 Å². The van der Waals surface area contributed by atoms with Gasteiger partial charge >= 0.3 is 0 Å². The Balaban J connectivity index is 1.90. The second-order valence-corrected chi connectivity index (χ2v) is 5.39. The fourth-order valence-electron chi connectivity index (χ4n) is 2.14. The minimum absolute atomic E-state index is 0.0342. The van der Waals surface area contributed by atoms with Crippen molar-refractivity contribution in [2.24, 2.45) is 0 Å². The molecule has 0 aliphatic rings. The SMILES string of the molecule is O=C(CBr)c1ccc(-n2nccn2)cc1OCc1ccccc1. The number of benzene rings is 2. The van der Waals surface area contributed by atoms with Gasteiger partial charge in [-0.2, -0.15) is 15.0 Å². The number of hydrogen-bond acceptors (Lipinski definition) is 4. The van der Waals surface area contributed by atoms with Crippen molar-refractivity contribution in [2.45, 2.75) is 6.61 Å². The lowest BCUT2D eigenvalue weighted by Gasteiger charge is -2.12. The first-order chi connectivity index (χ1) is 11.3. The predicted molar refractivity (Wildman–Crippen MR) is 90.3 cm³/mol. The van der Waals surface area contributed by atoms with E-state index in [2.05, 4.69) is 26.1 Å². The fourth-order valence-corrected chi connectivity index (χ4v) is 2.44. The smallest absolute Gasteiger partial charge is 0.177 e. The summed E-state index contributed by atoms with van der Waals surface area (Å²) < 4.78 is 5.87. The number of hydrogen-bond donors (Lipinski definition) is 0. The van der Waals surface area contributed by atoms with Crippen molar-refractivity contribution in [2.75, 3.05) is 5.33 Å². The van der Waals surface area contributed by atoms with Crippen LogP contribution in [0.4, 0.5) is 0 Å². The molecule has 2 aromatic carbocycles. The number of carbonyl (C=O) groups excluding carboxylic acids is 1. The van der Waals surface area contributed by atoms with Crippen LogP contribution in [-0.4, -0.2) is 26.1 Å². The van der Waals surface area contributed by atoms with Crippen LogP contribution in [0.15, 0.2) is 60.9 Å². The Morgan fingerprint density at radius 2 is 1.83 bits per heavy atom. The molecule has 3 rings (SSSR count). The average Bonchev–Trinajstić information content (AvgIpc) is 3.14. The Kier molecular flexibility index (Phi) is 4.83. The summed E-state index contributed by atoms with van der Waals surface area (Å²) in [7, 11) is 0. The van der Waals surface area contributed by atoms with E-state index in [-0.39, 0.29) is 11.1 Å². The number of ketones is 1. The number of aromatic nitrogens is 3. The Morgan fingerprint density at radius 3 is 2.52 bits per heavy atom. The van der Waals surface area contributed by atoms with E-state index in [9.17, 15) is 4.79 Å². The van der Waals surface area contributed by atoms with Crippen LogP contribution in [0.1, 0.15) is 15.9 Å². The third-order valence-corrected chi connectivity index (χ3v) is 3.78. The minimum atomic E-state index is -0.0342. The first-order valence-corrected chi connectivity index (χ1v) is 8.16. The molecule has 0 radical (unpaired) electrons. The highest BCUT2D eigenvalue weighted by molar-refractivity contribution is 9.09. The number of alkyl halides is 1. The quantitative estimate of drug-likeness (QED) is 0.492. The molecular formula is C17H14BrN3O2. The third-order valence-electron chi connectivity index (χ3n) is 3.27. The number of nitrogens with zero attached hydrogens (tertiary/aromatic N) is 3. The summed E-state index contributed by atoms with van der Waals surface area (Å²) in [5.41, 5.74) is 2.31. The van der Waals surface area contributed by atoms with Gasteiger partial charge in [0.2, 0.25) is 0 Å². The van der Waals surface area contributed by atoms with Gasteiger partial charge in [0.15, 0.2) is 5.78 Å². The van der Waals surface area contributed by atoms with Crippen molar-refractivity contribution in [3.8, 4) is 11.4 Å². The van der Waals surface area contributed by atoms with E-state index in [4.69, 9.17) is 4.74 Å². The van der Waals surface area contributed by atoms with Gasteiger partial charge in [0.1, 0.15) is 12.4 Å². The van der Waals surface area contributed by atoms with Crippen LogP contribution in [0.25, 0.3) is 5.69 Å². The van der Waals surface area contributed by atoms with Gasteiger partial charge in [-0.25, -0.2) is 0 Å². The second kappa shape index (κ2) is 7.19. The largest absolute Gasteiger partial charge is 0.488 e. The van der Waals surface area contributed by atoms with E-state index in [0.717, 1.165) is 11.3 Å². The fraction of sp³-hybridized carbons (Fsp3) is 0.118. The standard InChI is InChI=1S/C17H14BrN3O2/c18-11-16(22)15-7-6-14(21-19-8-9-20-21)10-17(15)23-12-13-4-2-1-3-5-13/h1-10H,11-12H2. The van der Waals surface area contributed by atoms with Crippen molar-refractivity contribution in [1.29, 1.82) is 0 Å². The lowest BCUT2D eigenvalue weighted by molar-refractivity contribution is 0.101. The Morgan fingerprint density at radius 1 is 1.09 bits per heavy atom. The molecule has 0 amide bonds. The molecule has 0 saturated carbocycles. The van der Waals surface area contributed by atoms with Crippen molar-refractivity contribution in [3.63, 3.8) is 0 Å². The van der Waals surface area contributed by atoms with Gasteiger partial charge in [0.05, 0.1) is 29.0 Å². The van der Waals surface area contributed by atoms with Crippen LogP contribution in [0.2, 0.25) is 0 Å². The average molecular weight is 372 g/mol. The molecule has 0 bridgehead atoms. The molecule has 23 heavy (non-hydrogen) atoms. The van der Waals surface area contributed by atoms with Crippen LogP contribution in [-0.2, 0) is 6.61 Å². The summed E-state index contributed by atoms with van der Waals surface area (Å²) in [5, 5.41) is 8.44. The maximum atomic E-state index is 12.1. The molecule has 1 aromatic heterocycles. The Bertz CT molecular complexity index is 789. The number of halogens is 1. The highest BCUT2D eigenvalue weighted by atomic mass is 79.9. The van der Waals surface area contributed by atoms with E-state index < -0.39 is 0 Å². The van der Waals surface area contributed by atoms with Crippen molar-refractivity contribution in [1.82, 2.24) is 15.0 Å². The summed E-state index contributed by atoms with van der Waals surface area (Å²) in [6.07, 6.45) is 3.20. The van der Waals surface area contributed by atoms with Crippen LogP contribution < -0.4 is 4.74 Å². The van der Waals surface area contributed by atoms with Gasteiger partial charge in [0.25, 0.3) is 0 Å². The molecule has 0 saturated heterocycles. The van der Waals surface area contributed by atoms with Crippen LogP contribution in [0, 0.1) is 0 Å². The summed E-state index contributed by atoms with van der Waals surface area (Å²) in [6, 6.07) is 15.1. The van der Waals surface area contributed by atoms with Gasteiger partial charge in [0, 0.05) is 6.07 Å². The van der Waals surface area contributed by atoms with E-state index in [1.807, 2.05) is 30.3 Å². The number of ether oxygens (including phenoxy) is 1. The molecule has 3 aromatic rings. The predicted octanol–water partition coefficient (Wildman–Crippen LogP) is 3.42. The van der Waals surface area contributed by atoms with Gasteiger partial charge in [-0.05, 0) is 17.7 Å². The number of carbonyl (C=O) groups is 1. The zero-order valence-electron chi connectivity index (χ0n) is 12.2. The number of Topliss-reactive ketones (excluding diaryl/α,β-unsaturated/α-hetero) is 1. The molecule has 0 atom stereocenters. The molecule has 0 aliphatic carbocycles. The number of rotatable bonds is 6. The van der Waals surface area contributed by atoms with Gasteiger partial charge in [-0.3, -0.25) is 4.79 Å². The Labute approximate surface area is 142 Å². The van der Waals surface area contributed by atoms with E-state index in [1.54, 1.807) is 30.6 Å². The first kappa shape index (κ1) is 15.4. The first-order valence-electron chi connectivity index (χ1n) is 7.04. The van der Waals surface area contributed by atoms with Gasteiger partial charge in [-0.1, -0.05) is 46.3 Å². The lowest BCUT2D eigenvalue weighted by atomic mass is 10.1. The van der Waals surface area contributed by atoms with E-state index in [0.29, 0.717) is 17.9 Å². The molecule has 5 nitrogen and oxygen atoms in total. The highest BCUT2D eigenvalue weighted by Crippen LogP contribution is 2.24. The molecule has 0 spiro atoms. The van der Waals surface area contributed by atoms with Crippen LogP contribution >= 0.6 is 15.9 Å². The molecule has 0 N–H and O–H groups in total. The van der Waals surface area contributed by atoms with E-state index in [1.165, 1.54) is 4.80 Å². The Hall–Kier alpha value is -2.47. The zero-order valence-corrected chi connectivity index (χ0v) is 13.8. The van der Waals surface area contributed by atoms with Crippen molar-refractivity contribution < 1.29 is 9.53 Å². The summed E-state index contributed by atoms with van der Waals surface area (Å²) in [6.45, 7) is 0.388. The van der Waals surface area contributed by atoms with E-state index >= 15 is 0 Å². The summed E-state index contributed by atoms with van der Waals surface area (Å²) >= 11 is 3.20. The second-order valence-electron chi connectivity index (χ2n) is 4.83. The maximum Gasteiger partial charge on any atom is 0.177 e. The lowest BCUT2D eigenvalue weighted by Crippen LogP contribution is -2.07. The molecule has 0 fully saturated rings. The minimum Gasteiger partial charge on any atom is -0.488 e. The monoisotopic (exact) mass is 371 g/mol.